The Balaban J connectivity index is 4.19. The first-order chi connectivity index (χ1) is 26.6. The molecule has 0 aromatic heterocycles. The summed E-state index contributed by atoms with van der Waals surface area (Å²) in [6.07, 6.45) is 41.0. The number of quaternary nitrogens is 1. The molecule has 0 fully saturated rings. The Hall–Kier alpha value is -1.93. The molecule has 0 aromatic rings. The Morgan fingerprint density at radius 3 is 1.36 bits per heavy atom. The van der Waals surface area contributed by atoms with E-state index < -0.39 is 18.1 Å². The largest absolute Gasteiger partial charge is 0.544 e. The van der Waals surface area contributed by atoms with E-state index in [4.69, 9.17) is 14.2 Å². The van der Waals surface area contributed by atoms with Gasteiger partial charge in [0.2, 0.25) is 0 Å². The standard InChI is InChI=1S/C47H89NO7/c1-6-8-10-12-14-16-18-19-20-21-22-23-24-25-26-27-28-30-32-34-36-38-46(50)55-43(41-53-40-39-44(47(51)52)48(3,4)5)42-54-45(49)37-35-33-31-29-17-15-13-11-9-7-2/h13,15,43-44H,6-12,14,16-42H2,1-5H3/b15-13+. The van der Waals surface area contributed by atoms with Crippen LogP contribution in [0.3, 0.4) is 0 Å². The van der Waals surface area contributed by atoms with E-state index in [1.165, 1.54) is 128 Å². The molecule has 0 bridgehead atoms. The smallest absolute Gasteiger partial charge is 0.306 e. The second-order valence-electron chi connectivity index (χ2n) is 17.0. The van der Waals surface area contributed by atoms with Crippen molar-refractivity contribution in [2.75, 3.05) is 41.0 Å². The average Bonchev–Trinajstić information content (AvgIpc) is 3.14. The quantitative estimate of drug-likeness (QED) is 0.0263. The number of hydrogen-bond acceptors (Lipinski definition) is 7. The zero-order chi connectivity index (χ0) is 40.7. The summed E-state index contributed by atoms with van der Waals surface area (Å²) in [4.78, 5) is 36.8. The third-order valence-corrected chi connectivity index (χ3v) is 10.7. The van der Waals surface area contributed by atoms with Gasteiger partial charge in [0.15, 0.2) is 6.10 Å². The highest BCUT2D eigenvalue weighted by Crippen LogP contribution is 2.16. The number of aliphatic carboxylic acids is 1. The summed E-state index contributed by atoms with van der Waals surface area (Å²) in [6, 6.07) is -0.722. The van der Waals surface area contributed by atoms with Crippen molar-refractivity contribution in [3.63, 3.8) is 0 Å². The van der Waals surface area contributed by atoms with E-state index in [-0.39, 0.29) is 42.7 Å². The van der Waals surface area contributed by atoms with Crippen LogP contribution < -0.4 is 5.11 Å². The van der Waals surface area contributed by atoms with Crippen molar-refractivity contribution in [3.8, 4) is 0 Å². The number of allylic oxidation sites excluding steroid dienone is 2. The molecule has 0 heterocycles. The minimum Gasteiger partial charge on any atom is -0.544 e. The number of nitrogens with zero attached hydrogens (tertiary/aromatic N) is 1. The molecule has 0 N–H and O–H groups in total. The Morgan fingerprint density at radius 2 is 0.927 bits per heavy atom. The van der Waals surface area contributed by atoms with Gasteiger partial charge < -0.3 is 28.6 Å². The predicted molar refractivity (Wildman–Crippen MR) is 227 cm³/mol. The van der Waals surface area contributed by atoms with E-state index in [1.54, 1.807) is 21.1 Å². The van der Waals surface area contributed by atoms with Gasteiger partial charge >= 0.3 is 11.9 Å². The van der Waals surface area contributed by atoms with Gasteiger partial charge in [-0.05, 0) is 32.1 Å². The number of carbonyl (C=O) groups is 3. The van der Waals surface area contributed by atoms with Gasteiger partial charge in [-0.25, -0.2) is 0 Å². The lowest BCUT2D eigenvalue weighted by Gasteiger charge is -2.34. The number of hydrogen-bond donors (Lipinski definition) is 0. The highest BCUT2D eigenvalue weighted by atomic mass is 16.6. The van der Waals surface area contributed by atoms with Crippen molar-refractivity contribution >= 4 is 17.9 Å². The second-order valence-corrected chi connectivity index (χ2v) is 17.0. The van der Waals surface area contributed by atoms with Crippen LogP contribution in [0.1, 0.15) is 219 Å². The molecular formula is C47H89NO7. The summed E-state index contributed by atoms with van der Waals surface area (Å²) in [7, 11) is 5.41. The van der Waals surface area contributed by atoms with Crippen molar-refractivity contribution in [1.29, 1.82) is 0 Å². The van der Waals surface area contributed by atoms with Crippen LogP contribution in [-0.4, -0.2) is 75.5 Å². The molecule has 55 heavy (non-hydrogen) atoms. The fourth-order valence-electron chi connectivity index (χ4n) is 6.99. The maximum absolute atomic E-state index is 12.7. The Bertz CT molecular complexity index is 915. The van der Waals surface area contributed by atoms with Crippen molar-refractivity contribution < 1.29 is 38.2 Å². The first-order valence-corrected chi connectivity index (χ1v) is 23.2. The van der Waals surface area contributed by atoms with E-state index in [0.29, 0.717) is 12.8 Å². The number of carbonyl (C=O) groups excluding carboxylic acids is 3. The fourth-order valence-corrected chi connectivity index (χ4v) is 6.99. The lowest BCUT2D eigenvalue weighted by Crippen LogP contribution is -2.55. The highest BCUT2D eigenvalue weighted by molar-refractivity contribution is 5.70. The van der Waals surface area contributed by atoms with Crippen LogP contribution in [0.25, 0.3) is 0 Å². The number of carboxylic acid groups (broad SMARTS) is 1. The van der Waals surface area contributed by atoms with E-state index in [9.17, 15) is 19.5 Å². The Morgan fingerprint density at radius 1 is 0.527 bits per heavy atom. The van der Waals surface area contributed by atoms with Gasteiger partial charge in [0.05, 0.1) is 40.3 Å². The summed E-state index contributed by atoms with van der Waals surface area (Å²) < 4.78 is 17.2. The summed E-state index contributed by atoms with van der Waals surface area (Å²) >= 11 is 0. The van der Waals surface area contributed by atoms with Crippen LogP contribution in [0.4, 0.5) is 0 Å². The molecule has 0 saturated carbocycles. The molecule has 2 atom stereocenters. The number of likely N-dealkylation sites (N-methyl/N-ethyl adjacent to an activating group) is 1. The number of ether oxygens (including phenoxy) is 3. The first kappa shape index (κ1) is 53.1. The molecule has 8 heteroatoms. The molecular weight excluding hydrogens is 691 g/mol. The zero-order valence-corrected chi connectivity index (χ0v) is 36.9. The summed E-state index contributed by atoms with van der Waals surface area (Å²) in [5, 5.41) is 11.6. The fraction of sp³-hybridized carbons (Fsp3) is 0.894. The SMILES string of the molecule is CCCC/C=C/CCCCCCC(=O)OCC(COCCC(C(=O)[O-])[N+](C)(C)C)OC(=O)CCCCCCCCCCCCCCCCCCCCCCC. The molecule has 0 saturated heterocycles. The molecule has 324 valence electrons. The van der Waals surface area contributed by atoms with Crippen LogP contribution >= 0.6 is 0 Å². The minimum atomic E-state index is -1.12. The number of unbranched alkanes of at least 4 members (excludes halogenated alkanes) is 26. The number of esters is 2. The molecule has 0 aliphatic carbocycles. The van der Waals surface area contributed by atoms with Gasteiger partial charge in [-0.2, -0.15) is 0 Å². The normalized spacial score (nSPS) is 13.0. The Labute approximate surface area is 339 Å². The highest BCUT2D eigenvalue weighted by Gasteiger charge is 2.25. The van der Waals surface area contributed by atoms with E-state index >= 15 is 0 Å². The van der Waals surface area contributed by atoms with Crippen LogP contribution in [-0.2, 0) is 28.6 Å². The lowest BCUT2D eigenvalue weighted by atomic mass is 10.0. The van der Waals surface area contributed by atoms with Crippen molar-refractivity contribution in [2.24, 2.45) is 0 Å². The number of carboxylic acids is 1. The molecule has 0 amide bonds. The maximum atomic E-state index is 12.7. The van der Waals surface area contributed by atoms with E-state index in [1.807, 2.05) is 0 Å². The first-order valence-electron chi connectivity index (χ1n) is 23.2. The van der Waals surface area contributed by atoms with Crippen LogP contribution in [0, 0.1) is 0 Å². The van der Waals surface area contributed by atoms with Crippen molar-refractivity contribution in [2.45, 2.75) is 231 Å². The third kappa shape index (κ3) is 37.4. The van der Waals surface area contributed by atoms with Crippen LogP contribution in [0.15, 0.2) is 12.2 Å². The molecule has 0 aliphatic rings. The lowest BCUT2D eigenvalue weighted by molar-refractivity contribution is -0.889. The summed E-state index contributed by atoms with van der Waals surface area (Å²) in [5.41, 5.74) is 0. The monoisotopic (exact) mass is 780 g/mol. The molecule has 0 spiro atoms. The van der Waals surface area contributed by atoms with Gasteiger partial charge in [0.25, 0.3) is 0 Å². The van der Waals surface area contributed by atoms with E-state index in [0.717, 1.165) is 57.8 Å². The summed E-state index contributed by atoms with van der Waals surface area (Å²) in [6.45, 7) is 4.63. The topological polar surface area (TPSA) is 102 Å². The van der Waals surface area contributed by atoms with Crippen LogP contribution in [0.5, 0.6) is 0 Å². The maximum Gasteiger partial charge on any atom is 0.306 e. The average molecular weight is 780 g/mol. The van der Waals surface area contributed by atoms with Gasteiger partial charge in [-0.1, -0.05) is 180 Å². The zero-order valence-electron chi connectivity index (χ0n) is 36.9. The molecule has 0 aromatic carbocycles. The number of rotatable bonds is 42. The van der Waals surface area contributed by atoms with Gasteiger partial charge in [0.1, 0.15) is 12.6 Å². The van der Waals surface area contributed by atoms with Crippen molar-refractivity contribution in [3.05, 3.63) is 12.2 Å². The molecule has 0 rings (SSSR count). The molecule has 0 radical (unpaired) electrons. The second kappa shape index (κ2) is 38.9. The van der Waals surface area contributed by atoms with E-state index in [2.05, 4.69) is 26.0 Å². The van der Waals surface area contributed by atoms with Crippen molar-refractivity contribution in [1.82, 2.24) is 0 Å². The third-order valence-electron chi connectivity index (χ3n) is 10.7. The minimum absolute atomic E-state index is 0.0427. The summed E-state index contributed by atoms with van der Waals surface area (Å²) in [5.74, 6) is -1.74. The van der Waals surface area contributed by atoms with Gasteiger partial charge in [-0.3, -0.25) is 9.59 Å². The molecule has 2 unspecified atom stereocenters. The van der Waals surface area contributed by atoms with Gasteiger partial charge in [-0.15, -0.1) is 0 Å². The molecule has 0 aliphatic heterocycles. The van der Waals surface area contributed by atoms with Gasteiger partial charge in [0, 0.05) is 19.3 Å². The Kier molecular flexibility index (Phi) is 37.6. The van der Waals surface area contributed by atoms with Crippen LogP contribution in [0.2, 0.25) is 0 Å². The predicted octanol–water partition coefficient (Wildman–Crippen LogP) is 11.4. The molecule has 8 nitrogen and oxygen atoms in total.